The van der Waals surface area contributed by atoms with E-state index in [0.29, 0.717) is 37.6 Å². The fourth-order valence-electron chi connectivity index (χ4n) is 3.66. The number of carbonyl (C=O) groups excluding carboxylic acids is 1. The van der Waals surface area contributed by atoms with E-state index in [2.05, 4.69) is 5.32 Å². The van der Waals surface area contributed by atoms with Gasteiger partial charge in [-0.1, -0.05) is 32.0 Å². The molecule has 2 amide bonds. The van der Waals surface area contributed by atoms with Gasteiger partial charge in [0.15, 0.2) is 0 Å². The number of benzene rings is 2. The van der Waals surface area contributed by atoms with Crippen molar-refractivity contribution in [3.8, 4) is 0 Å². The van der Waals surface area contributed by atoms with Crippen LogP contribution in [0.2, 0.25) is 0 Å². The van der Waals surface area contributed by atoms with Gasteiger partial charge in [0.2, 0.25) is 10.0 Å². The number of amides is 2. The van der Waals surface area contributed by atoms with Crippen LogP contribution in [0.25, 0.3) is 0 Å². The molecule has 0 atom stereocenters. The minimum absolute atomic E-state index is 0.0995. The van der Waals surface area contributed by atoms with Crippen molar-refractivity contribution >= 4 is 33.1 Å². The second kappa shape index (κ2) is 9.96. The molecule has 0 aromatic heterocycles. The third kappa shape index (κ3) is 5.00. The Kier molecular flexibility index (Phi) is 7.31. The number of nitrogens with zero attached hydrogens (tertiary/aromatic N) is 4. The van der Waals surface area contributed by atoms with Crippen molar-refractivity contribution in [2.45, 2.75) is 18.7 Å². The monoisotopic (exact) mass is 461 g/mol. The molecule has 0 spiro atoms. The Hall–Kier alpha value is -3.18. The predicted molar refractivity (Wildman–Crippen MR) is 122 cm³/mol. The van der Waals surface area contributed by atoms with Crippen LogP contribution in [-0.4, -0.2) is 67.8 Å². The lowest BCUT2D eigenvalue weighted by atomic mass is 10.2. The van der Waals surface area contributed by atoms with Crippen LogP contribution < -0.4 is 10.2 Å². The van der Waals surface area contributed by atoms with Crippen LogP contribution in [0, 0.1) is 10.1 Å². The van der Waals surface area contributed by atoms with Crippen LogP contribution in [0.3, 0.4) is 0 Å². The number of para-hydroxylation sites is 1. The van der Waals surface area contributed by atoms with Gasteiger partial charge in [-0.3, -0.25) is 10.1 Å². The van der Waals surface area contributed by atoms with Gasteiger partial charge >= 0.3 is 6.03 Å². The number of nitro groups is 1. The lowest BCUT2D eigenvalue weighted by Gasteiger charge is -2.35. The molecule has 1 aliphatic rings. The van der Waals surface area contributed by atoms with Crippen molar-refractivity contribution in [1.82, 2.24) is 9.21 Å². The molecule has 1 fully saturated rings. The van der Waals surface area contributed by atoms with E-state index in [-0.39, 0.29) is 29.7 Å². The van der Waals surface area contributed by atoms with Crippen LogP contribution in [0.5, 0.6) is 0 Å². The smallest absolute Gasteiger partial charge is 0.321 e. The van der Waals surface area contributed by atoms with E-state index in [1.165, 1.54) is 16.4 Å². The van der Waals surface area contributed by atoms with Gasteiger partial charge in [-0.25, -0.2) is 13.2 Å². The van der Waals surface area contributed by atoms with Crippen LogP contribution in [0.15, 0.2) is 53.4 Å². The molecule has 2 aromatic carbocycles. The molecule has 3 rings (SSSR count). The van der Waals surface area contributed by atoms with Crippen LogP contribution in [-0.2, 0) is 10.0 Å². The first kappa shape index (κ1) is 23.5. The second-order valence-corrected chi connectivity index (χ2v) is 9.21. The summed E-state index contributed by atoms with van der Waals surface area (Å²) >= 11 is 0. The van der Waals surface area contributed by atoms with Gasteiger partial charge in [-0.15, -0.1) is 0 Å². The largest absolute Gasteiger partial charge is 0.362 e. The Morgan fingerprint density at radius 1 is 1.06 bits per heavy atom. The van der Waals surface area contributed by atoms with Crippen molar-refractivity contribution in [3.05, 3.63) is 58.6 Å². The highest BCUT2D eigenvalue weighted by molar-refractivity contribution is 7.89. The molecule has 10 nitrogen and oxygen atoms in total. The summed E-state index contributed by atoms with van der Waals surface area (Å²) in [5.74, 6) is 0. The SMILES string of the molecule is CCN(CC)S(=O)(=O)c1ccc(N2CCN(C(=O)Nc3ccccc3)CC2)c([N+](=O)[O-])c1. The highest BCUT2D eigenvalue weighted by Gasteiger charge is 2.29. The maximum Gasteiger partial charge on any atom is 0.321 e. The number of piperazine rings is 1. The Bertz CT molecular complexity index is 1070. The Morgan fingerprint density at radius 3 is 2.25 bits per heavy atom. The first-order chi connectivity index (χ1) is 15.3. The van der Waals surface area contributed by atoms with E-state index in [0.717, 1.165) is 6.07 Å². The summed E-state index contributed by atoms with van der Waals surface area (Å²) in [6, 6.07) is 12.9. The number of carbonyl (C=O) groups is 1. The van der Waals surface area contributed by atoms with Gasteiger partial charge < -0.3 is 15.1 Å². The summed E-state index contributed by atoms with van der Waals surface area (Å²) in [6.07, 6.45) is 0. The zero-order chi connectivity index (χ0) is 23.3. The second-order valence-electron chi connectivity index (χ2n) is 7.27. The van der Waals surface area contributed by atoms with Gasteiger partial charge in [-0.05, 0) is 24.3 Å². The number of nitro benzene ring substituents is 1. The van der Waals surface area contributed by atoms with E-state index < -0.39 is 14.9 Å². The third-order valence-electron chi connectivity index (χ3n) is 5.42. The summed E-state index contributed by atoms with van der Waals surface area (Å²) in [5.41, 5.74) is 0.776. The number of anilines is 2. The van der Waals surface area contributed by atoms with Crippen molar-refractivity contribution in [1.29, 1.82) is 0 Å². The minimum Gasteiger partial charge on any atom is -0.362 e. The van der Waals surface area contributed by atoms with E-state index in [4.69, 9.17) is 0 Å². The average molecular weight is 462 g/mol. The fourth-order valence-corrected chi connectivity index (χ4v) is 5.14. The Labute approximate surface area is 187 Å². The van der Waals surface area contributed by atoms with Gasteiger partial charge in [0, 0.05) is 51.0 Å². The number of nitrogens with one attached hydrogen (secondary N) is 1. The van der Waals surface area contributed by atoms with Crippen molar-refractivity contribution in [2.75, 3.05) is 49.5 Å². The highest BCUT2D eigenvalue weighted by Crippen LogP contribution is 2.32. The lowest BCUT2D eigenvalue weighted by Crippen LogP contribution is -2.50. The van der Waals surface area contributed by atoms with E-state index in [9.17, 15) is 23.3 Å². The van der Waals surface area contributed by atoms with Gasteiger partial charge in [0.25, 0.3) is 5.69 Å². The summed E-state index contributed by atoms with van der Waals surface area (Å²) in [5, 5.41) is 14.6. The number of sulfonamides is 1. The molecule has 11 heteroatoms. The Balaban J connectivity index is 1.75. The molecular weight excluding hydrogens is 434 g/mol. The molecule has 0 saturated carbocycles. The number of hydrogen-bond donors (Lipinski definition) is 1. The molecule has 0 aliphatic carbocycles. The standard InChI is InChI=1S/C21H27N5O5S/c1-3-25(4-2)32(30,31)18-10-11-19(20(16-18)26(28)29)23-12-14-24(15-13-23)21(27)22-17-8-6-5-7-9-17/h5-11,16H,3-4,12-15H2,1-2H3,(H,22,27). The topological polar surface area (TPSA) is 116 Å². The molecule has 32 heavy (non-hydrogen) atoms. The minimum atomic E-state index is -3.81. The normalized spacial score (nSPS) is 14.5. The maximum absolute atomic E-state index is 12.8. The van der Waals surface area contributed by atoms with Crippen molar-refractivity contribution in [2.24, 2.45) is 0 Å². The van der Waals surface area contributed by atoms with Crippen molar-refractivity contribution in [3.63, 3.8) is 0 Å². The van der Waals surface area contributed by atoms with E-state index in [1.807, 2.05) is 18.2 Å². The first-order valence-corrected chi connectivity index (χ1v) is 11.9. The summed E-state index contributed by atoms with van der Waals surface area (Å²) in [6.45, 7) is 5.55. The maximum atomic E-state index is 12.8. The number of rotatable bonds is 7. The molecule has 0 unspecified atom stereocenters. The summed E-state index contributed by atoms with van der Waals surface area (Å²) in [4.78, 5) is 27.0. The molecule has 0 radical (unpaired) electrons. The molecule has 1 aliphatic heterocycles. The predicted octanol–water partition coefficient (Wildman–Crippen LogP) is 2.98. The number of urea groups is 1. The average Bonchev–Trinajstić information content (AvgIpc) is 2.80. The van der Waals surface area contributed by atoms with Gasteiger partial charge in [0.05, 0.1) is 9.82 Å². The molecule has 1 heterocycles. The molecule has 1 N–H and O–H groups in total. The Morgan fingerprint density at radius 2 is 1.69 bits per heavy atom. The first-order valence-electron chi connectivity index (χ1n) is 10.4. The zero-order valence-electron chi connectivity index (χ0n) is 18.1. The summed E-state index contributed by atoms with van der Waals surface area (Å²) < 4.78 is 26.8. The molecule has 0 bridgehead atoms. The number of hydrogen-bond acceptors (Lipinski definition) is 6. The summed E-state index contributed by atoms with van der Waals surface area (Å²) in [7, 11) is -3.81. The zero-order valence-corrected chi connectivity index (χ0v) is 18.9. The fraction of sp³-hybridized carbons (Fsp3) is 0.381. The molecular formula is C21H27N5O5S. The molecule has 2 aromatic rings. The molecule has 172 valence electrons. The molecule has 1 saturated heterocycles. The highest BCUT2D eigenvalue weighted by atomic mass is 32.2. The van der Waals surface area contributed by atoms with Crippen molar-refractivity contribution < 1.29 is 18.1 Å². The third-order valence-corrected chi connectivity index (χ3v) is 7.47. The van der Waals surface area contributed by atoms with Gasteiger partial charge in [-0.2, -0.15) is 4.31 Å². The quantitative estimate of drug-likeness (QED) is 0.501. The van der Waals surface area contributed by atoms with Crippen LogP contribution in [0.4, 0.5) is 21.9 Å². The van der Waals surface area contributed by atoms with Crippen LogP contribution >= 0.6 is 0 Å². The van der Waals surface area contributed by atoms with Crippen LogP contribution in [0.1, 0.15) is 13.8 Å². The lowest BCUT2D eigenvalue weighted by molar-refractivity contribution is -0.384. The van der Waals surface area contributed by atoms with E-state index in [1.54, 1.807) is 35.8 Å². The van der Waals surface area contributed by atoms with E-state index >= 15 is 0 Å². The van der Waals surface area contributed by atoms with Gasteiger partial charge in [0.1, 0.15) is 5.69 Å².